The van der Waals surface area contributed by atoms with Crippen molar-refractivity contribution in [2.24, 2.45) is 0 Å². The molecule has 0 unspecified atom stereocenters. The molecule has 0 fully saturated rings. The summed E-state index contributed by atoms with van der Waals surface area (Å²) in [7, 11) is 0. The summed E-state index contributed by atoms with van der Waals surface area (Å²) in [6.07, 6.45) is 8.63. The van der Waals surface area contributed by atoms with E-state index in [0.717, 1.165) is 29.7 Å². The fourth-order valence-corrected chi connectivity index (χ4v) is 5.38. The zero-order valence-electron chi connectivity index (χ0n) is 33.7. The number of benzene rings is 6. The Morgan fingerprint density at radius 3 is 0.905 bits per heavy atom. The number of aromatic amines is 1. The van der Waals surface area contributed by atoms with Crippen LogP contribution in [0.3, 0.4) is 0 Å². The fourth-order valence-electron chi connectivity index (χ4n) is 5.38. The molecule has 0 bridgehead atoms. The number of hydrogen-bond acceptors (Lipinski definition) is 8. The number of rotatable bonds is 10. The zero-order valence-corrected chi connectivity index (χ0v) is 36.2. The van der Waals surface area contributed by atoms with E-state index in [1.165, 1.54) is 0 Å². The Hall–Kier alpha value is -7.11. The molecule has 6 aromatic carbocycles. The summed E-state index contributed by atoms with van der Waals surface area (Å²) in [6, 6.07) is 58.3. The van der Waals surface area contributed by atoms with Crippen molar-refractivity contribution in [3.63, 3.8) is 0 Å². The van der Waals surface area contributed by atoms with Crippen molar-refractivity contribution in [2.45, 2.75) is 0 Å². The molecule has 0 aliphatic rings. The third kappa shape index (κ3) is 16.7. The third-order valence-electron chi connectivity index (χ3n) is 8.54. The molecule has 310 valence electrons. The van der Waals surface area contributed by atoms with Crippen molar-refractivity contribution in [1.82, 2.24) is 15.0 Å². The number of allylic oxidation sites excluding steroid dienone is 3. The second kappa shape index (κ2) is 27.0. The maximum absolute atomic E-state index is 11.8. The molecule has 63 heavy (non-hydrogen) atoms. The minimum Gasteiger partial charge on any atom is -0.872 e. The van der Waals surface area contributed by atoms with Crippen LogP contribution >= 0.6 is 0 Å². The van der Waals surface area contributed by atoms with Crippen LogP contribution < -0.4 is 15.3 Å². The van der Waals surface area contributed by atoms with Crippen LogP contribution in [0, 0.1) is 49.4 Å². The Bertz CT molecular complexity index is 2420. The first kappa shape index (κ1) is 48.6. The molecule has 9 nitrogen and oxygen atoms in total. The van der Waals surface area contributed by atoms with Crippen LogP contribution in [0.5, 0.6) is 0 Å². The van der Waals surface area contributed by atoms with E-state index >= 15 is 0 Å². The molecule has 0 atom stereocenters. The standard InChI is InChI=1S/3C15H12O2.C8H7N3.Eu/c3*16-14(12-7-3-1-4-8-12)11-15(17)13-9-5-2-6-10-13;1-2-4-9-7(3-1)8-10-5-6-11-8;/h3*1-11,16H;1-6H,(H,10,11);/q;;;;+3/p-3/b3*14-11-;;. The van der Waals surface area contributed by atoms with Gasteiger partial charge in [0.25, 0.3) is 0 Å². The van der Waals surface area contributed by atoms with Crippen molar-refractivity contribution in [2.75, 3.05) is 0 Å². The van der Waals surface area contributed by atoms with Crippen molar-refractivity contribution in [3.05, 3.63) is 270 Å². The first-order chi connectivity index (χ1) is 30.3. The monoisotopic (exact) mass is 967 g/mol. The summed E-state index contributed by atoms with van der Waals surface area (Å²) in [5.74, 6) is -0.776. The predicted octanol–water partition coefficient (Wildman–Crippen LogP) is 8.28. The second-order valence-corrected chi connectivity index (χ2v) is 13.0. The molecule has 8 aromatic rings. The van der Waals surface area contributed by atoms with Gasteiger partial charge in [-0.25, -0.2) is 4.98 Å². The molecule has 10 heteroatoms. The predicted molar refractivity (Wildman–Crippen MR) is 237 cm³/mol. The van der Waals surface area contributed by atoms with Crippen LogP contribution in [0.15, 0.2) is 237 Å². The van der Waals surface area contributed by atoms with E-state index in [0.29, 0.717) is 33.4 Å². The summed E-state index contributed by atoms with van der Waals surface area (Å²) in [5.41, 5.74) is 4.02. The van der Waals surface area contributed by atoms with Crippen LogP contribution in [0.4, 0.5) is 0 Å². The molecule has 1 N–H and O–H groups in total. The van der Waals surface area contributed by atoms with Gasteiger partial charge in [0.15, 0.2) is 23.2 Å². The van der Waals surface area contributed by atoms with Gasteiger partial charge < -0.3 is 20.3 Å². The number of imidazole rings is 1. The van der Waals surface area contributed by atoms with Gasteiger partial charge in [0.1, 0.15) is 5.69 Å². The maximum Gasteiger partial charge on any atom is 3.00 e. The van der Waals surface area contributed by atoms with E-state index in [1.54, 1.807) is 164 Å². The summed E-state index contributed by atoms with van der Waals surface area (Å²) in [4.78, 5) is 46.4. The number of carbonyl (C=O) groups excluding carboxylic acids is 3. The van der Waals surface area contributed by atoms with Gasteiger partial charge in [0.05, 0.1) is 0 Å². The number of aromatic nitrogens is 3. The van der Waals surface area contributed by atoms with Gasteiger partial charge in [0, 0.05) is 35.3 Å². The maximum atomic E-state index is 11.8. The Kier molecular flexibility index (Phi) is 20.8. The Labute approximate surface area is 407 Å². The van der Waals surface area contributed by atoms with Crippen molar-refractivity contribution in [1.29, 1.82) is 0 Å². The Balaban J connectivity index is 0.000000185. The van der Waals surface area contributed by atoms with Crippen LogP contribution in [-0.4, -0.2) is 32.3 Å². The smallest absolute Gasteiger partial charge is 0.872 e. The number of hydrogen-bond donors (Lipinski definition) is 1. The van der Waals surface area contributed by atoms with E-state index in [4.69, 9.17) is 0 Å². The SMILES string of the molecule is O=C(/C=C(\[O-])c1ccccc1)c1ccccc1.O=C(/C=C(\[O-])c1ccccc1)c1ccccc1.O=C(/C=C(\[O-])c1ccccc1)c1ccccc1.[Eu+3].c1ccc(-c2ncc[nH]2)nc1. The molecule has 2 heterocycles. The molecule has 0 amide bonds. The van der Waals surface area contributed by atoms with E-state index in [9.17, 15) is 29.7 Å². The van der Waals surface area contributed by atoms with Gasteiger partial charge in [0.2, 0.25) is 0 Å². The molecule has 0 radical (unpaired) electrons. The number of nitrogens with zero attached hydrogens (tertiary/aromatic N) is 2. The van der Waals surface area contributed by atoms with Gasteiger partial charge in [-0.2, -0.15) is 0 Å². The first-order valence-electron chi connectivity index (χ1n) is 19.3. The Morgan fingerprint density at radius 2 is 0.651 bits per heavy atom. The summed E-state index contributed by atoms with van der Waals surface area (Å²) >= 11 is 0. The van der Waals surface area contributed by atoms with Gasteiger partial charge in [-0.05, 0) is 47.1 Å². The van der Waals surface area contributed by atoms with Gasteiger partial charge >= 0.3 is 49.4 Å². The average Bonchev–Trinajstić information content (AvgIpc) is 3.90. The van der Waals surface area contributed by atoms with Gasteiger partial charge in [-0.1, -0.05) is 205 Å². The molecule has 0 saturated carbocycles. The minimum absolute atomic E-state index is 0. The second-order valence-electron chi connectivity index (χ2n) is 13.0. The summed E-state index contributed by atoms with van der Waals surface area (Å²) in [5, 5.41) is 35.3. The fraction of sp³-hybridized carbons (Fsp3) is 0. The van der Waals surface area contributed by atoms with Crippen molar-refractivity contribution < 1.29 is 79.1 Å². The van der Waals surface area contributed by atoms with E-state index in [2.05, 4.69) is 15.0 Å². The normalized spacial score (nSPS) is 10.8. The molecular weight excluding hydrogens is 927 g/mol. The van der Waals surface area contributed by atoms with Crippen molar-refractivity contribution in [3.8, 4) is 11.5 Å². The molecule has 0 saturated heterocycles. The zero-order chi connectivity index (χ0) is 43.8. The number of H-pyrrole nitrogens is 1. The summed E-state index contributed by atoms with van der Waals surface area (Å²) < 4.78 is 0. The molecule has 2 aromatic heterocycles. The topological polar surface area (TPSA) is 162 Å². The summed E-state index contributed by atoms with van der Waals surface area (Å²) in [6.45, 7) is 0. The van der Waals surface area contributed by atoms with E-state index in [1.807, 2.05) is 54.6 Å². The molecule has 0 aliphatic heterocycles. The first-order valence-corrected chi connectivity index (χ1v) is 19.3. The van der Waals surface area contributed by atoms with Gasteiger partial charge in [-0.3, -0.25) is 19.4 Å². The Morgan fingerprint density at radius 1 is 0.365 bits per heavy atom. The third-order valence-corrected chi connectivity index (χ3v) is 8.54. The van der Waals surface area contributed by atoms with Crippen LogP contribution in [0.1, 0.15) is 47.8 Å². The van der Waals surface area contributed by atoms with Crippen molar-refractivity contribution >= 4 is 34.6 Å². The quantitative estimate of drug-likeness (QED) is 0.0814. The molecule has 8 rings (SSSR count). The number of pyridine rings is 1. The van der Waals surface area contributed by atoms with Crippen LogP contribution in [0.25, 0.3) is 28.8 Å². The largest absolute Gasteiger partial charge is 3.00 e. The molecule has 0 spiro atoms. The molecular formula is C53H40EuN3O6. The number of nitrogens with one attached hydrogen (secondary N) is 1. The average molecular weight is 967 g/mol. The molecule has 0 aliphatic carbocycles. The van der Waals surface area contributed by atoms with Gasteiger partial charge in [-0.15, -0.1) is 0 Å². The van der Waals surface area contributed by atoms with E-state index < -0.39 is 0 Å². The number of carbonyl (C=O) groups is 3. The van der Waals surface area contributed by atoms with E-state index in [-0.39, 0.29) is 84.0 Å². The minimum atomic E-state index is -0.264. The van der Waals surface area contributed by atoms with Crippen LogP contribution in [0.2, 0.25) is 0 Å². The van der Waals surface area contributed by atoms with Crippen LogP contribution in [-0.2, 0) is 0 Å². The number of ketones is 3.